The van der Waals surface area contributed by atoms with Crippen LogP contribution in [0.4, 0.5) is 20.6 Å². The zero-order valence-electron chi connectivity index (χ0n) is 20.0. The lowest BCUT2D eigenvalue weighted by atomic mass is 10.1. The van der Waals surface area contributed by atoms with Gasteiger partial charge in [0.05, 0.1) is 10.6 Å². The molecule has 34 heavy (non-hydrogen) atoms. The van der Waals surface area contributed by atoms with Gasteiger partial charge in [0.25, 0.3) is 0 Å². The van der Waals surface area contributed by atoms with Crippen LogP contribution in [0.25, 0.3) is 0 Å². The minimum atomic E-state index is -3.48. The number of anilines is 2. The Morgan fingerprint density at radius 3 is 2.38 bits per heavy atom. The molecular weight excluding hydrogens is 459 g/mol. The van der Waals surface area contributed by atoms with Crippen LogP contribution in [0, 0.1) is 5.82 Å². The van der Waals surface area contributed by atoms with Crippen molar-refractivity contribution in [1.82, 2.24) is 4.90 Å². The van der Waals surface area contributed by atoms with Gasteiger partial charge in [-0.15, -0.1) is 0 Å². The number of ether oxygens (including phenoxy) is 2. The zero-order chi connectivity index (χ0) is 24.7. The Labute approximate surface area is 200 Å². The van der Waals surface area contributed by atoms with Crippen molar-refractivity contribution in [3.63, 3.8) is 0 Å². The minimum Gasteiger partial charge on any atom is -0.490 e. The third-order valence-electron chi connectivity index (χ3n) is 6.01. The number of hydrogen-bond acceptors (Lipinski definition) is 6. The number of carbonyl (C=O) groups excluding carboxylic acids is 1. The van der Waals surface area contributed by atoms with Crippen molar-refractivity contribution in [3.05, 3.63) is 47.8 Å². The molecule has 0 unspecified atom stereocenters. The van der Waals surface area contributed by atoms with Gasteiger partial charge < -0.3 is 19.3 Å². The highest BCUT2D eigenvalue weighted by Crippen LogP contribution is 2.41. The van der Waals surface area contributed by atoms with E-state index in [1.807, 2.05) is 43.9 Å². The molecule has 7 nitrogen and oxygen atoms in total. The molecule has 0 N–H and O–H groups in total. The summed E-state index contributed by atoms with van der Waals surface area (Å²) in [6.45, 7) is 7.27. The lowest BCUT2D eigenvalue weighted by Crippen LogP contribution is -2.44. The molecule has 2 aromatic rings. The van der Waals surface area contributed by atoms with Crippen LogP contribution in [-0.4, -0.2) is 57.0 Å². The van der Waals surface area contributed by atoms with E-state index < -0.39 is 21.3 Å². The van der Waals surface area contributed by atoms with Crippen molar-refractivity contribution in [3.8, 4) is 5.75 Å². The van der Waals surface area contributed by atoms with E-state index in [1.54, 1.807) is 4.90 Å². The standard InChI is InChI=1S/C25H31FN2O5S/c1-25(2,3)33-24(29)27-13-10-17(11-14-27)32-23-7-5-6-21-19(23)12-15-28(21)22-9-8-18(16-20(22)26)34(4,30)31/h5-9,16-17H,10-15H2,1-4H3. The summed E-state index contributed by atoms with van der Waals surface area (Å²) in [5.74, 6) is 0.195. The molecule has 0 atom stereocenters. The first-order chi connectivity index (χ1) is 15.9. The van der Waals surface area contributed by atoms with Crippen molar-refractivity contribution in [2.24, 2.45) is 0 Å². The molecule has 0 aliphatic carbocycles. The number of piperidine rings is 1. The molecule has 2 aliphatic heterocycles. The van der Waals surface area contributed by atoms with Crippen LogP contribution in [0.2, 0.25) is 0 Å². The average molecular weight is 491 g/mol. The number of hydrogen-bond donors (Lipinski definition) is 0. The summed E-state index contributed by atoms with van der Waals surface area (Å²) in [6.07, 6.45) is 2.84. The molecule has 184 valence electrons. The van der Waals surface area contributed by atoms with Crippen molar-refractivity contribution in [1.29, 1.82) is 0 Å². The highest BCUT2D eigenvalue weighted by Gasteiger charge is 2.30. The number of benzene rings is 2. The van der Waals surface area contributed by atoms with E-state index in [9.17, 15) is 17.6 Å². The summed E-state index contributed by atoms with van der Waals surface area (Å²) >= 11 is 0. The summed E-state index contributed by atoms with van der Waals surface area (Å²) in [5.41, 5.74) is 1.68. The number of carbonyl (C=O) groups is 1. The van der Waals surface area contributed by atoms with Gasteiger partial charge in [0, 0.05) is 50.0 Å². The van der Waals surface area contributed by atoms with Crippen LogP contribution in [-0.2, 0) is 21.0 Å². The number of rotatable bonds is 4. The first-order valence-corrected chi connectivity index (χ1v) is 13.3. The molecule has 0 saturated carbocycles. The van der Waals surface area contributed by atoms with Gasteiger partial charge in [-0.3, -0.25) is 0 Å². The highest BCUT2D eigenvalue weighted by molar-refractivity contribution is 7.90. The predicted molar refractivity (Wildman–Crippen MR) is 128 cm³/mol. The lowest BCUT2D eigenvalue weighted by molar-refractivity contribution is 0.0126. The fourth-order valence-corrected chi connectivity index (χ4v) is 5.00. The quantitative estimate of drug-likeness (QED) is 0.618. The Morgan fingerprint density at radius 1 is 1.06 bits per heavy atom. The van der Waals surface area contributed by atoms with E-state index in [0.29, 0.717) is 44.6 Å². The van der Waals surface area contributed by atoms with Gasteiger partial charge in [-0.1, -0.05) is 6.07 Å². The van der Waals surface area contributed by atoms with Gasteiger partial charge in [0.1, 0.15) is 23.3 Å². The molecule has 0 bridgehead atoms. The molecule has 0 spiro atoms. The second kappa shape index (κ2) is 9.09. The maximum absolute atomic E-state index is 14.8. The van der Waals surface area contributed by atoms with Crippen LogP contribution in [0.15, 0.2) is 41.3 Å². The fraction of sp³-hybridized carbons (Fsp3) is 0.480. The molecule has 1 amide bonds. The largest absolute Gasteiger partial charge is 0.490 e. The molecule has 4 rings (SSSR count). The summed E-state index contributed by atoms with van der Waals surface area (Å²) in [6, 6.07) is 9.74. The van der Waals surface area contributed by atoms with Crippen LogP contribution >= 0.6 is 0 Å². The van der Waals surface area contributed by atoms with Crippen LogP contribution in [0.3, 0.4) is 0 Å². The van der Waals surface area contributed by atoms with Crippen molar-refractivity contribution >= 4 is 27.3 Å². The van der Waals surface area contributed by atoms with E-state index in [2.05, 4.69) is 0 Å². The van der Waals surface area contributed by atoms with Crippen molar-refractivity contribution < 1.29 is 27.1 Å². The SMILES string of the molecule is CC(C)(C)OC(=O)N1CCC(Oc2cccc3c2CCN3c2ccc(S(C)(=O)=O)cc2F)CC1. The fourth-order valence-electron chi connectivity index (χ4n) is 4.36. The Bertz CT molecular complexity index is 1180. The van der Waals surface area contributed by atoms with E-state index in [1.165, 1.54) is 12.1 Å². The second-order valence-corrected chi connectivity index (χ2v) is 11.8. The Hall–Kier alpha value is -2.81. The topological polar surface area (TPSA) is 76.2 Å². The number of fused-ring (bicyclic) bond motifs is 1. The predicted octanol–water partition coefficient (Wildman–Crippen LogP) is 4.70. The molecule has 9 heteroatoms. The van der Waals surface area contributed by atoms with Gasteiger partial charge in [-0.2, -0.15) is 0 Å². The van der Waals surface area contributed by atoms with Gasteiger partial charge in [-0.25, -0.2) is 17.6 Å². The third kappa shape index (κ3) is 5.29. The molecule has 1 saturated heterocycles. The molecule has 2 aliphatic rings. The van der Waals surface area contributed by atoms with Gasteiger partial charge in [0.15, 0.2) is 9.84 Å². The van der Waals surface area contributed by atoms with E-state index in [0.717, 1.165) is 29.3 Å². The number of nitrogens with zero attached hydrogens (tertiary/aromatic N) is 2. The summed E-state index contributed by atoms with van der Waals surface area (Å²) in [7, 11) is -3.48. The van der Waals surface area contributed by atoms with E-state index >= 15 is 0 Å². The van der Waals surface area contributed by atoms with E-state index in [-0.39, 0.29) is 17.1 Å². The smallest absolute Gasteiger partial charge is 0.410 e. The molecule has 0 aromatic heterocycles. The van der Waals surface area contributed by atoms with Crippen LogP contribution < -0.4 is 9.64 Å². The Kier molecular flexibility index (Phi) is 6.50. The minimum absolute atomic E-state index is 0.0231. The van der Waals surface area contributed by atoms with Gasteiger partial charge in [-0.05, 0) is 57.5 Å². The lowest BCUT2D eigenvalue weighted by Gasteiger charge is -2.33. The maximum Gasteiger partial charge on any atom is 0.410 e. The Balaban J connectivity index is 1.45. The van der Waals surface area contributed by atoms with E-state index in [4.69, 9.17) is 9.47 Å². The van der Waals surface area contributed by atoms with Gasteiger partial charge >= 0.3 is 6.09 Å². The third-order valence-corrected chi connectivity index (χ3v) is 7.12. The number of amides is 1. The Morgan fingerprint density at radius 2 is 1.76 bits per heavy atom. The average Bonchev–Trinajstić information content (AvgIpc) is 3.17. The normalized spacial score (nSPS) is 17.0. The number of halogens is 1. The first-order valence-electron chi connectivity index (χ1n) is 11.5. The molecule has 1 fully saturated rings. The second-order valence-electron chi connectivity index (χ2n) is 9.83. The summed E-state index contributed by atoms with van der Waals surface area (Å²) in [4.78, 5) is 15.8. The highest BCUT2D eigenvalue weighted by atomic mass is 32.2. The maximum atomic E-state index is 14.8. The van der Waals surface area contributed by atoms with Gasteiger partial charge in [0.2, 0.25) is 0 Å². The summed E-state index contributed by atoms with van der Waals surface area (Å²) < 4.78 is 50.1. The van der Waals surface area contributed by atoms with Crippen LogP contribution in [0.1, 0.15) is 39.2 Å². The molecule has 2 aromatic carbocycles. The van der Waals surface area contributed by atoms with Crippen molar-refractivity contribution in [2.75, 3.05) is 30.8 Å². The van der Waals surface area contributed by atoms with Crippen LogP contribution in [0.5, 0.6) is 5.75 Å². The molecule has 2 heterocycles. The first kappa shape index (κ1) is 24.3. The monoisotopic (exact) mass is 490 g/mol. The molecule has 0 radical (unpaired) electrons. The molecular formula is C25H31FN2O5S. The van der Waals surface area contributed by atoms with Crippen molar-refractivity contribution in [2.45, 2.75) is 56.6 Å². The zero-order valence-corrected chi connectivity index (χ0v) is 20.8. The summed E-state index contributed by atoms with van der Waals surface area (Å²) in [5, 5.41) is 0. The number of sulfone groups is 1. The number of likely N-dealkylation sites (tertiary alicyclic amines) is 1.